The van der Waals surface area contributed by atoms with Gasteiger partial charge in [0.1, 0.15) is 5.82 Å². The van der Waals surface area contributed by atoms with Gasteiger partial charge < -0.3 is 10.4 Å². The van der Waals surface area contributed by atoms with Crippen LogP contribution in [0.25, 0.3) is 0 Å². The van der Waals surface area contributed by atoms with E-state index in [9.17, 15) is 5.11 Å². The molecule has 0 bridgehead atoms. The Bertz CT molecular complexity index is 391. The number of nitrogens with one attached hydrogen (secondary N) is 1. The van der Waals surface area contributed by atoms with Gasteiger partial charge in [-0.15, -0.1) is 0 Å². The van der Waals surface area contributed by atoms with Crippen LogP contribution in [0.2, 0.25) is 5.28 Å². The molecule has 4 nitrogen and oxygen atoms in total. The summed E-state index contributed by atoms with van der Waals surface area (Å²) in [5, 5.41) is 12.9. The molecule has 0 aromatic carbocycles. The van der Waals surface area contributed by atoms with Gasteiger partial charge in [-0.1, -0.05) is 12.8 Å². The van der Waals surface area contributed by atoms with E-state index >= 15 is 0 Å². The molecule has 17 heavy (non-hydrogen) atoms. The molecular weight excluding hydrogens is 305 g/mol. The van der Waals surface area contributed by atoms with Gasteiger partial charge in [-0.05, 0) is 40.4 Å². The summed E-state index contributed by atoms with van der Waals surface area (Å²) >= 11 is 9.16. The number of hydrogen-bond acceptors (Lipinski definition) is 4. The molecule has 0 amide bonds. The van der Waals surface area contributed by atoms with Crippen molar-refractivity contribution in [2.45, 2.75) is 31.7 Å². The van der Waals surface area contributed by atoms with E-state index in [2.05, 4.69) is 31.2 Å². The lowest BCUT2D eigenvalue weighted by Gasteiger charge is -2.31. The summed E-state index contributed by atoms with van der Waals surface area (Å²) in [5.74, 6) is 1.000. The van der Waals surface area contributed by atoms with Gasteiger partial charge >= 0.3 is 0 Å². The number of anilines is 1. The molecule has 1 aromatic rings. The van der Waals surface area contributed by atoms with Crippen molar-refractivity contribution in [2.24, 2.45) is 5.92 Å². The smallest absolute Gasteiger partial charge is 0.224 e. The average Bonchev–Trinajstić information content (AvgIpc) is 2.34. The molecule has 1 aliphatic rings. The first-order valence-electron chi connectivity index (χ1n) is 5.76. The fourth-order valence-electron chi connectivity index (χ4n) is 2.24. The van der Waals surface area contributed by atoms with Crippen molar-refractivity contribution >= 4 is 33.3 Å². The van der Waals surface area contributed by atoms with Gasteiger partial charge in [0, 0.05) is 24.8 Å². The van der Waals surface area contributed by atoms with E-state index in [1.165, 1.54) is 12.8 Å². The topological polar surface area (TPSA) is 58.0 Å². The third-order valence-electron chi connectivity index (χ3n) is 3.18. The van der Waals surface area contributed by atoms with Crippen LogP contribution >= 0.6 is 27.5 Å². The predicted octanol–water partition coefficient (Wildman–Crippen LogP) is 2.86. The fourth-order valence-corrected chi connectivity index (χ4v) is 2.68. The molecule has 2 atom stereocenters. The van der Waals surface area contributed by atoms with E-state index in [-0.39, 0.29) is 17.9 Å². The standard InChI is InChI=1S/C11H15BrClN3O/c12-8-5-14-11(13)16-10(8)15-9-4-2-1-3-7(9)6-17/h5,7,9,17H,1-4,6H2,(H,14,15,16). The summed E-state index contributed by atoms with van der Waals surface area (Å²) < 4.78 is 0.796. The zero-order valence-corrected chi connectivity index (χ0v) is 11.7. The summed E-state index contributed by atoms with van der Waals surface area (Å²) in [7, 11) is 0. The average molecular weight is 321 g/mol. The molecular formula is C11H15BrClN3O. The third-order valence-corrected chi connectivity index (χ3v) is 3.94. The van der Waals surface area contributed by atoms with Crippen LogP contribution in [0.1, 0.15) is 25.7 Å². The molecule has 2 unspecified atom stereocenters. The molecule has 0 radical (unpaired) electrons. The van der Waals surface area contributed by atoms with Crippen LogP contribution in [0.5, 0.6) is 0 Å². The van der Waals surface area contributed by atoms with Crippen LogP contribution < -0.4 is 5.32 Å². The molecule has 1 aliphatic carbocycles. The zero-order chi connectivity index (χ0) is 12.3. The first kappa shape index (κ1) is 13.1. The molecule has 0 aliphatic heterocycles. The van der Waals surface area contributed by atoms with Gasteiger partial charge in [-0.3, -0.25) is 0 Å². The van der Waals surface area contributed by atoms with Crippen molar-refractivity contribution in [2.75, 3.05) is 11.9 Å². The van der Waals surface area contributed by atoms with E-state index in [0.717, 1.165) is 17.3 Å². The highest BCUT2D eigenvalue weighted by Crippen LogP contribution is 2.29. The predicted molar refractivity (Wildman–Crippen MR) is 71.2 cm³/mol. The number of aliphatic hydroxyl groups is 1. The first-order chi connectivity index (χ1) is 8.20. The molecule has 1 heterocycles. The molecule has 6 heteroatoms. The molecule has 0 saturated heterocycles. The molecule has 2 rings (SSSR count). The third kappa shape index (κ3) is 3.30. The normalized spacial score (nSPS) is 24.6. The number of halogens is 2. The largest absolute Gasteiger partial charge is 0.396 e. The Morgan fingerprint density at radius 1 is 1.47 bits per heavy atom. The van der Waals surface area contributed by atoms with E-state index < -0.39 is 0 Å². The van der Waals surface area contributed by atoms with Gasteiger partial charge in [0.2, 0.25) is 5.28 Å². The maximum absolute atomic E-state index is 9.35. The summed E-state index contributed by atoms with van der Waals surface area (Å²) in [6.07, 6.45) is 6.12. The monoisotopic (exact) mass is 319 g/mol. The molecule has 1 saturated carbocycles. The SMILES string of the molecule is OCC1CCCCC1Nc1nc(Cl)ncc1Br. The first-order valence-corrected chi connectivity index (χ1v) is 6.93. The number of hydrogen-bond donors (Lipinski definition) is 2. The van der Waals surface area contributed by atoms with Crippen molar-refractivity contribution < 1.29 is 5.11 Å². The Hall–Kier alpha value is -0.390. The number of aliphatic hydroxyl groups excluding tert-OH is 1. The van der Waals surface area contributed by atoms with Crippen LogP contribution in [0.15, 0.2) is 10.7 Å². The summed E-state index contributed by atoms with van der Waals surface area (Å²) in [6, 6.07) is 0.260. The Labute approximate surface area is 114 Å². The summed E-state index contributed by atoms with van der Waals surface area (Å²) in [4.78, 5) is 8.04. The Balaban J connectivity index is 2.10. The maximum Gasteiger partial charge on any atom is 0.224 e. The molecule has 1 fully saturated rings. The van der Waals surface area contributed by atoms with Crippen molar-refractivity contribution in [3.63, 3.8) is 0 Å². The summed E-state index contributed by atoms with van der Waals surface area (Å²) in [6.45, 7) is 0.216. The van der Waals surface area contributed by atoms with Crippen LogP contribution in [0.4, 0.5) is 5.82 Å². The number of aromatic nitrogens is 2. The summed E-state index contributed by atoms with van der Waals surface area (Å²) in [5.41, 5.74) is 0. The second-order valence-corrected chi connectivity index (χ2v) is 5.51. The lowest BCUT2D eigenvalue weighted by molar-refractivity contribution is 0.178. The second kappa shape index (κ2) is 5.98. The maximum atomic E-state index is 9.35. The number of rotatable bonds is 3. The lowest BCUT2D eigenvalue weighted by atomic mass is 9.85. The molecule has 2 N–H and O–H groups in total. The van der Waals surface area contributed by atoms with Gasteiger partial charge in [0.25, 0.3) is 0 Å². The minimum absolute atomic E-state index is 0.216. The van der Waals surface area contributed by atoms with Gasteiger partial charge in [-0.2, -0.15) is 4.98 Å². The Morgan fingerprint density at radius 3 is 3.00 bits per heavy atom. The number of nitrogens with zero attached hydrogens (tertiary/aromatic N) is 2. The van der Waals surface area contributed by atoms with E-state index in [1.54, 1.807) is 6.20 Å². The van der Waals surface area contributed by atoms with Crippen molar-refractivity contribution in [1.82, 2.24) is 9.97 Å². The van der Waals surface area contributed by atoms with Crippen LogP contribution in [-0.4, -0.2) is 27.7 Å². The highest BCUT2D eigenvalue weighted by atomic mass is 79.9. The van der Waals surface area contributed by atoms with Crippen molar-refractivity contribution in [1.29, 1.82) is 0 Å². The van der Waals surface area contributed by atoms with Crippen LogP contribution in [0.3, 0.4) is 0 Å². The van der Waals surface area contributed by atoms with Crippen molar-refractivity contribution in [3.05, 3.63) is 16.0 Å². The highest BCUT2D eigenvalue weighted by molar-refractivity contribution is 9.10. The van der Waals surface area contributed by atoms with Gasteiger partial charge in [0.05, 0.1) is 4.47 Å². The lowest BCUT2D eigenvalue weighted by Crippen LogP contribution is -2.34. The van der Waals surface area contributed by atoms with Crippen LogP contribution in [0, 0.1) is 5.92 Å². The minimum Gasteiger partial charge on any atom is -0.396 e. The molecule has 94 valence electrons. The molecule has 0 spiro atoms. The van der Waals surface area contributed by atoms with Gasteiger partial charge in [0.15, 0.2) is 0 Å². The quantitative estimate of drug-likeness (QED) is 0.841. The van der Waals surface area contributed by atoms with E-state index in [4.69, 9.17) is 11.6 Å². The van der Waals surface area contributed by atoms with Crippen molar-refractivity contribution in [3.8, 4) is 0 Å². The minimum atomic E-state index is 0.216. The molecule has 1 aromatic heterocycles. The Morgan fingerprint density at radius 2 is 2.24 bits per heavy atom. The Kier molecular flexibility index (Phi) is 4.59. The highest BCUT2D eigenvalue weighted by Gasteiger charge is 2.25. The fraction of sp³-hybridized carbons (Fsp3) is 0.636. The van der Waals surface area contributed by atoms with E-state index in [1.807, 2.05) is 0 Å². The zero-order valence-electron chi connectivity index (χ0n) is 9.37. The van der Waals surface area contributed by atoms with Gasteiger partial charge in [-0.25, -0.2) is 4.98 Å². The van der Waals surface area contributed by atoms with Crippen LogP contribution in [-0.2, 0) is 0 Å². The second-order valence-electron chi connectivity index (χ2n) is 4.31. The van der Waals surface area contributed by atoms with E-state index in [0.29, 0.717) is 11.7 Å².